The van der Waals surface area contributed by atoms with E-state index >= 15 is 0 Å². The van der Waals surface area contributed by atoms with Gasteiger partial charge in [0.15, 0.2) is 5.13 Å². The molecule has 0 radical (unpaired) electrons. The third kappa shape index (κ3) is 6.75. The lowest BCUT2D eigenvalue weighted by atomic mass is 10.2. The van der Waals surface area contributed by atoms with Gasteiger partial charge < -0.3 is 25.0 Å². The maximum atomic E-state index is 13.2. The van der Waals surface area contributed by atoms with Crippen molar-refractivity contribution in [3.63, 3.8) is 0 Å². The quantitative estimate of drug-likeness (QED) is 0.395. The summed E-state index contributed by atoms with van der Waals surface area (Å²) in [6, 6.07) is 4.39. The number of hydrogen-bond donors (Lipinski definition) is 2. The van der Waals surface area contributed by atoms with Crippen molar-refractivity contribution in [2.75, 3.05) is 43.2 Å². The molecule has 0 unspecified atom stereocenters. The first kappa shape index (κ1) is 21.6. The van der Waals surface area contributed by atoms with Gasteiger partial charge in [0.25, 0.3) is 11.8 Å². The highest BCUT2D eigenvalue weighted by Gasteiger charge is 2.25. The molecule has 1 aliphatic rings. The molecule has 204 valence electrons. The van der Waals surface area contributed by atoms with Crippen molar-refractivity contribution in [3.8, 4) is 11.4 Å². The standard InChI is InChI=1S/C24H30N6O6S2/c1-15-10-29(11-16(2)36-15)21-7-5-6-18(25-21)20-14-37-24(27-20)28-23(32)19(13-35-3)26-22(31)17-8-9-30(12-17)38(4,33)34/h5-9,12,14-16,19H,10-11,13H2,1-4H3,(H,26,31)(H,27,28,32)/t15-,16+,19-/m1/s1/i3D3,13D2. The Morgan fingerprint density at radius 2 is 2.03 bits per heavy atom. The van der Waals surface area contributed by atoms with Crippen LogP contribution < -0.4 is 15.5 Å². The first-order valence-corrected chi connectivity index (χ1v) is 14.2. The molecule has 1 fully saturated rings. The van der Waals surface area contributed by atoms with E-state index in [1.54, 1.807) is 11.4 Å². The van der Waals surface area contributed by atoms with Crippen molar-refractivity contribution in [2.45, 2.75) is 32.1 Å². The molecule has 2 amide bonds. The summed E-state index contributed by atoms with van der Waals surface area (Å²) in [7, 11) is -6.98. The van der Waals surface area contributed by atoms with Crippen LogP contribution in [-0.4, -0.2) is 85.4 Å². The second kappa shape index (κ2) is 11.6. The minimum Gasteiger partial charge on any atom is -0.382 e. The highest BCUT2D eigenvalue weighted by molar-refractivity contribution is 7.89. The molecule has 2 N–H and O–H groups in total. The van der Waals surface area contributed by atoms with Crippen LogP contribution in [0, 0.1) is 0 Å². The number of rotatable bonds is 9. The normalized spacial score (nSPS) is 21.3. The van der Waals surface area contributed by atoms with Crippen LogP contribution >= 0.6 is 11.3 Å². The minimum atomic E-state index is -3.72. The second-order valence-electron chi connectivity index (χ2n) is 8.69. The van der Waals surface area contributed by atoms with Crippen LogP contribution in [0.15, 0.2) is 42.0 Å². The molecule has 0 spiro atoms. The summed E-state index contributed by atoms with van der Waals surface area (Å²) in [4.78, 5) is 37.3. The predicted molar refractivity (Wildman–Crippen MR) is 144 cm³/mol. The number of carbonyl (C=O) groups excluding carboxylic acids is 2. The van der Waals surface area contributed by atoms with Gasteiger partial charge in [-0.2, -0.15) is 0 Å². The van der Waals surface area contributed by atoms with Crippen molar-refractivity contribution in [2.24, 2.45) is 0 Å². The zero-order chi connectivity index (χ0) is 31.7. The van der Waals surface area contributed by atoms with Crippen LogP contribution in [0.5, 0.6) is 0 Å². The molecule has 0 bridgehead atoms. The highest BCUT2D eigenvalue weighted by Crippen LogP contribution is 2.26. The van der Waals surface area contributed by atoms with Gasteiger partial charge in [-0.1, -0.05) is 6.07 Å². The molecule has 3 aromatic rings. The van der Waals surface area contributed by atoms with Crippen molar-refractivity contribution >= 4 is 44.1 Å². The Morgan fingerprint density at radius 1 is 1.26 bits per heavy atom. The summed E-state index contributed by atoms with van der Waals surface area (Å²) in [5.74, 6) is -1.49. The average Bonchev–Trinajstić information content (AvgIpc) is 3.55. The van der Waals surface area contributed by atoms with Crippen molar-refractivity contribution in [3.05, 3.63) is 47.6 Å². The molecule has 12 nitrogen and oxygen atoms in total. The van der Waals surface area contributed by atoms with Gasteiger partial charge in [0.1, 0.15) is 17.6 Å². The van der Waals surface area contributed by atoms with Gasteiger partial charge in [-0.05, 0) is 32.0 Å². The number of ether oxygens (including phenoxy) is 2. The average molecular weight is 568 g/mol. The Morgan fingerprint density at radius 3 is 2.71 bits per heavy atom. The zero-order valence-corrected chi connectivity index (χ0v) is 22.4. The van der Waals surface area contributed by atoms with Gasteiger partial charge in [-0.3, -0.25) is 13.6 Å². The van der Waals surface area contributed by atoms with Crippen LogP contribution in [0.2, 0.25) is 0 Å². The van der Waals surface area contributed by atoms with E-state index < -0.39 is 41.5 Å². The number of nitrogens with one attached hydrogen (secondary N) is 2. The molecule has 14 heteroatoms. The third-order valence-corrected chi connectivity index (χ3v) is 7.25. The van der Waals surface area contributed by atoms with E-state index in [9.17, 15) is 18.0 Å². The van der Waals surface area contributed by atoms with Crippen LogP contribution in [0.25, 0.3) is 11.4 Å². The van der Waals surface area contributed by atoms with E-state index in [1.807, 2.05) is 26.0 Å². The van der Waals surface area contributed by atoms with Gasteiger partial charge in [0, 0.05) is 37.9 Å². The molecule has 3 atom stereocenters. The fraction of sp³-hybridized carbons (Fsp3) is 0.417. The lowest BCUT2D eigenvalue weighted by molar-refractivity contribution is -0.119. The Hall–Kier alpha value is -3.33. The van der Waals surface area contributed by atoms with Gasteiger partial charge in [-0.25, -0.2) is 18.4 Å². The van der Waals surface area contributed by atoms with Crippen molar-refractivity contribution < 1.29 is 34.3 Å². The van der Waals surface area contributed by atoms with E-state index in [0.717, 1.165) is 45.8 Å². The molecule has 38 heavy (non-hydrogen) atoms. The van der Waals surface area contributed by atoms with Crippen molar-refractivity contribution in [1.82, 2.24) is 19.3 Å². The predicted octanol–water partition coefficient (Wildman–Crippen LogP) is 1.81. The molecule has 3 aromatic heterocycles. The molecule has 4 rings (SSSR count). The van der Waals surface area contributed by atoms with Gasteiger partial charge >= 0.3 is 0 Å². The maximum absolute atomic E-state index is 13.2. The topological polar surface area (TPSA) is 145 Å². The monoisotopic (exact) mass is 567 g/mol. The molecule has 0 saturated carbocycles. The number of hydrogen-bond acceptors (Lipinski definition) is 10. The lowest BCUT2D eigenvalue weighted by Gasteiger charge is -2.36. The zero-order valence-electron chi connectivity index (χ0n) is 25.7. The largest absolute Gasteiger partial charge is 0.382 e. The van der Waals surface area contributed by atoms with Crippen LogP contribution in [-0.2, 0) is 24.3 Å². The Balaban J connectivity index is 1.54. The fourth-order valence-electron chi connectivity index (χ4n) is 3.87. The number of carbonyl (C=O) groups is 2. The van der Waals surface area contributed by atoms with E-state index in [1.165, 1.54) is 0 Å². The number of nitrogens with zero attached hydrogens (tertiary/aromatic N) is 4. The first-order valence-electron chi connectivity index (χ1n) is 13.9. The molecule has 1 aliphatic heterocycles. The lowest BCUT2D eigenvalue weighted by Crippen LogP contribution is -2.46. The number of pyridine rings is 1. The highest BCUT2D eigenvalue weighted by atomic mass is 32.2. The molecule has 0 aliphatic carbocycles. The second-order valence-corrected chi connectivity index (χ2v) is 11.4. The molecule has 0 aromatic carbocycles. The number of morpholine rings is 1. The third-order valence-electron chi connectivity index (χ3n) is 5.50. The van der Waals surface area contributed by atoms with Gasteiger partial charge in [0.2, 0.25) is 10.0 Å². The minimum absolute atomic E-state index is 0.0213. The summed E-state index contributed by atoms with van der Waals surface area (Å²) in [5, 5.41) is 6.15. The molecule has 1 saturated heterocycles. The summed E-state index contributed by atoms with van der Waals surface area (Å²) in [6.07, 6.45) is 3.02. The Kier molecular flexibility index (Phi) is 6.59. The van der Waals surface area contributed by atoms with Gasteiger partial charge in [-0.15, -0.1) is 11.3 Å². The van der Waals surface area contributed by atoms with Gasteiger partial charge in [0.05, 0.1) is 43.1 Å². The van der Waals surface area contributed by atoms with E-state index in [-0.39, 0.29) is 22.9 Å². The van der Waals surface area contributed by atoms with Crippen LogP contribution in [0.3, 0.4) is 0 Å². The first-order chi connectivity index (χ1) is 19.9. The van der Waals surface area contributed by atoms with E-state index in [0.29, 0.717) is 24.5 Å². The summed E-state index contributed by atoms with van der Waals surface area (Å²) in [6.45, 7) is 2.06. The SMILES string of the molecule is [2H]C([2H])([2H])OC([2H])([2H])[C@@H](NC(=O)c1ccn(S(C)(=O)=O)c1)C(=O)Nc1nc(-c2cccc(N3C[C@@H](C)O[C@@H](C)C3)n2)cs1. The molecular formula is C24H30N6O6S2. The number of methoxy groups -OCH3 is 1. The van der Waals surface area contributed by atoms with E-state index in [4.69, 9.17) is 16.6 Å². The Bertz CT molecular complexity index is 1580. The number of anilines is 2. The summed E-state index contributed by atoms with van der Waals surface area (Å²) >= 11 is 1.00. The molecule has 4 heterocycles. The van der Waals surface area contributed by atoms with E-state index in [2.05, 4.69) is 25.3 Å². The molecular weight excluding hydrogens is 532 g/mol. The number of thiazole rings is 1. The number of aromatic nitrogens is 3. The van der Waals surface area contributed by atoms with Crippen molar-refractivity contribution in [1.29, 1.82) is 0 Å². The maximum Gasteiger partial charge on any atom is 0.253 e. The fourth-order valence-corrected chi connectivity index (χ4v) is 5.17. The Labute approximate surface area is 232 Å². The van der Waals surface area contributed by atoms with Crippen LogP contribution in [0.4, 0.5) is 10.9 Å². The van der Waals surface area contributed by atoms with Crippen LogP contribution in [0.1, 0.15) is 31.1 Å². The smallest absolute Gasteiger partial charge is 0.253 e. The summed E-state index contributed by atoms with van der Waals surface area (Å²) in [5.41, 5.74) is 0.711. The summed E-state index contributed by atoms with van der Waals surface area (Å²) < 4.78 is 72.8. The number of amides is 2.